The summed E-state index contributed by atoms with van der Waals surface area (Å²) < 4.78 is 63.2. The molecule has 36 heavy (non-hydrogen) atoms. The van der Waals surface area contributed by atoms with Gasteiger partial charge in [0.05, 0.1) is 16.3 Å². The van der Waals surface area contributed by atoms with Crippen LogP contribution in [0.4, 0.5) is 13.2 Å². The second-order valence-electron chi connectivity index (χ2n) is 7.65. The summed E-state index contributed by atoms with van der Waals surface area (Å²) in [5.74, 6) is -0.562. The van der Waals surface area contributed by atoms with E-state index in [1.54, 1.807) is 24.3 Å². The van der Waals surface area contributed by atoms with Crippen LogP contribution in [0.15, 0.2) is 59.5 Å². The van der Waals surface area contributed by atoms with Gasteiger partial charge in [0.15, 0.2) is 5.69 Å². The van der Waals surface area contributed by atoms with Crippen LogP contribution in [0.25, 0.3) is 16.9 Å². The summed E-state index contributed by atoms with van der Waals surface area (Å²) in [4.78, 5) is 20.6. The number of primary sulfonamides is 1. The van der Waals surface area contributed by atoms with E-state index in [4.69, 9.17) is 10.9 Å². The lowest BCUT2D eigenvalue weighted by molar-refractivity contribution is -0.141. The van der Waals surface area contributed by atoms with Crippen molar-refractivity contribution in [2.75, 3.05) is 6.54 Å². The number of sulfonamides is 1. The zero-order valence-corrected chi connectivity index (χ0v) is 20.4. The maximum atomic E-state index is 13.1. The van der Waals surface area contributed by atoms with Crippen LogP contribution in [0.2, 0.25) is 0 Å². The minimum Gasteiger partial charge on any atom is -0.370 e. The van der Waals surface area contributed by atoms with Crippen molar-refractivity contribution in [2.45, 2.75) is 37.8 Å². The Kier molecular flexibility index (Phi) is 9.36. The van der Waals surface area contributed by atoms with E-state index in [2.05, 4.69) is 10.4 Å². The lowest BCUT2D eigenvalue weighted by atomic mass is 10.1. The second-order valence-corrected chi connectivity index (χ2v) is 9.21. The predicted octanol–water partition coefficient (Wildman–Crippen LogP) is 2.90. The molecule has 0 radical (unpaired) electrons. The molecule has 2 amide bonds. The van der Waals surface area contributed by atoms with Crippen molar-refractivity contribution in [3.05, 3.63) is 65.9 Å². The molecule has 0 unspecified atom stereocenters. The zero-order valence-electron chi connectivity index (χ0n) is 19.5. The third kappa shape index (κ3) is 8.20. The topological polar surface area (TPSA) is 150 Å². The number of aryl methyl sites for hydroxylation is 1. The molecule has 1 heterocycles. The van der Waals surface area contributed by atoms with Gasteiger partial charge in [0.2, 0.25) is 21.8 Å². The van der Waals surface area contributed by atoms with E-state index in [-0.39, 0.29) is 35.0 Å². The summed E-state index contributed by atoms with van der Waals surface area (Å²) >= 11 is 0. The van der Waals surface area contributed by atoms with Gasteiger partial charge in [-0.15, -0.1) is 0 Å². The molecule has 0 aliphatic carbocycles. The number of aromatic nitrogens is 2. The fourth-order valence-electron chi connectivity index (χ4n) is 2.95. The van der Waals surface area contributed by atoms with Crippen LogP contribution in [0.5, 0.6) is 0 Å². The molecule has 3 rings (SSSR count). The molecule has 3 aromatic rings. The van der Waals surface area contributed by atoms with Gasteiger partial charge in [0.25, 0.3) is 0 Å². The van der Waals surface area contributed by atoms with Crippen molar-refractivity contribution < 1.29 is 31.2 Å². The average Bonchev–Trinajstić information content (AvgIpc) is 3.24. The Bertz CT molecular complexity index is 1300. The molecular weight excluding hydrogens is 499 g/mol. The highest BCUT2D eigenvalue weighted by Gasteiger charge is 2.35. The van der Waals surface area contributed by atoms with Gasteiger partial charge in [-0.05, 0) is 44.2 Å². The van der Waals surface area contributed by atoms with Gasteiger partial charge >= 0.3 is 6.18 Å². The molecule has 5 N–H and O–H groups in total. The van der Waals surface area contributed by atoms with Gasteiger partial charge in [-0.1, -0.05) is 29.8 Å². The Morgan fingerprint density at radius 1 is 1.03 bits per heavy atom. The molecule has 13 heteroatoms. The Morgan fingerprint density at radius 2 is 1.61 bits per heavy atom. The Hall–Kier alpha value is -3.71. The lowest BCUT2D eigenvalue weighted by Crippen LogP contribution is -2.24. The molecule has 0 aliphatic heterocycles. The van der Waals surface area contributed by atoms with Crippen molar-refractivity contribution in [2.24, 2.45) is 10.9 Å². The van der Waals surface area contributed by atoms with Crippen LogP contribution in [0.3, 0.4) is 0 Å². The van der Waals surface area contributed by atoms with Crippen molar-refractivity contribution in [3.63, 3.8) is 0 Å². The molecule has 0 bridgehead atoms. The largest absolute Gasteiger partial charge is 0.435 e. The van der Waals surface area contributed by atoms with Gasteiger partial charge in [0, 0.05) is 24.9 Å². The van der Waals surface area contributed by atoms with Crippen LogP contribution < -0.4 is 16.2 Å². The number of amides is 2. The number of nitrogens with zero attached hydrogens (tertiary/aromatic N) is 2. The highest BCUT2D eigenvalue weighted by atomic mass is 32.2. The normalized spacial score (nSPS) is 11.4. The number of benzene rings is 2. The molecule has 1 aromatic heterocycles. The monoisotopic (exact) mass is 525 g/mol. The Balaban J connectivity index is 0.000000388. The van der Waals surface area contributed by atoms with Gasteiger partial charge in [0.1, 0.15) is 0 Å². The van der Waals surface area contributed by atoms with Crippen LogP contribution in [0.1, 0.15) is 31.0 Å². The van der Waals surface area contributed by atoms with Gasteiger partial charge in [-0.3, -0.25) is 9.59 Å². The summed E-state index contributed by atoms with van der Waals surface area (Å²) in [6, 6.07) is 13.1. The molecule has 194 valence electrons. The Labute approximate surface area is 206 Å². The minimum absolute atomic E-state index is 0.124. The van der Waals surface area contributed by atoms with Crippen LogP contribution >= 0.6 is 0 Å². The summed E-state index contributed by atoms with van der Waals surface area (Å²) in [5, 5.41) is 11.3. The first-order chi connectivity index (χ1) is 16.7. The number of carbonyl (C=O) groups is 2. The maximum absolute atomic E-state index is 13.1. The molecule has 0 fully saturated rings. The summed E-state index contributed by atoms with van der Waals surface area (Å²) in [5.41, 5.74) is 5.81. The van der Waals surface area contributed by atoms with Crippen molar-refractivity contribution >= 4 is 21.8 Å². The smallest absolute Gasteiger partial charge is 0.370 e. The van der Waals surface area contributed by atoms with E-state index in [0.717, 1.165) is 16.3 Å². The van der Waals surface area contributed by atoms with Crippen molar-refractivity contribution in [1.82, 2.24) is 15.1 Å². The minimum atomic E-state index is -4.61. The second kappa shape index (κ2) is 11.8. The van der Waals surface area contributed by atoms with Crippen molar-refractivity contribution in [3.8, 4) is 16.9 Å². The van der Waals surface area contributed by atoms with Crippen molar-refractivity contribution in [1.29, 1.82) is 0 Å². The predicted molar refractivity (Wildman–Crippen MR) is 127 cm³/mol. The number of alkyl halides is 3. The fraction of sp³-hybridized carbons (Fsp3) is 0.261. The standard InChI is InChI=1S/C17H14F3N3O2S.C6H12N2O2/c1-11-2-4-12(5-3-11)15-10-16(17(18,19)20)22-23(15)13-6-8-14(9-7-13)26(21,24)25;1-2-8-6(10)4-3-5(7)9/h2-10H,1H3,(H2,21,24,25);2-4H2,1H3,(H2,7,9)(H,8,10). The van der Waals surface area contributed by atoms with E-state index in [0.29, 0.717) is 12.1 Å². The van der Waals surface area contributed by atoms with Gasteiger partial charge in [-0.2, -0.15) is 18.3 Å². The summed E-state index contributed by atoms with van der Waals surface area (Å²) in [6.07, 6.45) is -4.28. The number of halogens is 3. The van der Waals surface area contributed by atoms with E-state index in [1.165, 1.54) is 24.3 Å². The zero-order chi connectivity index (χ0) is 27.1. The van der Waals surface area contributed by atoms with Crippen LogP contribution in [-0.4, -0.2) is 36.6 Å². The van der Waals surface area contributed by atoms with E-state index in [9.17, 15) is 31.2 Å². The number of nitrogens with one attached hydrogen (secondary N) is 1. The van der Waals surface area contributed by atoms with Crippen LogP contribution in [-0.2, 0) is 25.8 Å². The first-order valence-corrected chi connectivity index (χ1v) is 12.2. The quantitative estimate of drug-likeness (QED) is 0.433. The highest BCUT2D eigenvalue weighted by Crippen LogP contribution is 2.33. The molecule has 0 aliphatic rings. The number of hydrogen-bond donors (Lipinski definition) is 3. The molecule has 0 atom stereocenters. The summed E-state index contributed by atoms with van der Waals surface area (Å²) in [6.45, 7) is 4.29. The van der Waals surface area contributed by atoms with E-state index in [1.807, 2.05) is 13.8 Å². The molecular formula is C23H26F3N5O4S. The molecule has 9 nitrogen and oxygen atoms in total. The first-order valence-electron chi connectivity index (χ1n) is 10.6. The number of hydrogen-bond acceptors (Lipinski definition) is 5. The Morgan fingerprint density at radius 3 is 2.08 bits per heavy atom. The average molecular weight is 526 g/mol. The third-order valence-corrected chi connectivity index (χ3v) is 5.66. The number of primary amides is 1. The highest BCUT2D eigenvalue weighted by molar-refractivity contribution is 7.89. The van der Waals surface area contributed by atoms with Gasteiger partial charge < -0.3 is 11.1 Å². The maximum Gasteiger partial charge on any atom is 0.435 e. The third-order valence-electron chi connectivity index (χ3n) is 4.73. The molecule has 0 saturated heterocycles. The fourth-order valence-corrected chi connectivity index (χ4v) is 3.46. The molecule has 2 aromatic carbocycles. The lowest BCUT2D eigenvalue weighted by Gasteiger charge is -2.09. The summed E-state index contributed by atoms with van der Waals surface area (Å²) in [7, 11) is -3.90. The SMILES string of the molecule is CCNC(=O)CCC(N)=O.Cc1ccc(-c2cc(C(F)(F)F)nn2-c2ccc(S(N)(=O)=O)cc2)cc1. The number of nitrogens with two attached hydrogens (primary N) is 2. The van der Waals surface area contributed by atoms with Gasteiger partial charge in [-0.25, -0.2) is 18.2 Å². The number of rotatable bonds is 7. The van der Waals surface area contributed by atoms with Crippen LogP contribution in [0, 0.1) is 6.92 Å². The molecule has 0 spiro atoms. The first kappa shape index (κ1) is 28.5. The number of carbonyl (C=O) groups excluding carboxylic acids is 2. The van der Waals surface area contributed by atoms with E-state index < -0.39 is 27.8 Å². The molecule has 0 saturated carbocycles. The van der Waals surface area contributed by atoms with E-state index >= 15 is 0 Å².